The molecule has 1 heterocycles. The molecule has 0 amide bonds. The molecule has 0 radical (unpaired) electrons. The van der Waals surface area contributed by atoms with Crippen LogP contribution in [-0.2, 0) is 4.79 Å². The summed E-state index contributed by atoms with van der Waals surface area (Å²) < 4.78 is 0. The molecule has 0 spiro atoms. The average molecular weight is 238 g/mol. The van der Waals surface area contributed by atoms with Gasteiger partial charge in [0, 0.05) is 18.2 Å². The molecule has 2 rings (SSSR count). The van der Waals surface area contributed by atoms with Crippen LogP contribution in [0.2, 0.25) is 5.15 Å². The number of anilines is 1. The topological polar surface area (TPSA) is 54.4 Å². The van der Waals surface area contributed by atoms with Gasteiger partial charge in [0.15, 0.2) is 0 Å². The van der Waals surface area contributed by atoms with Gasteiger partial charge in [-0.3, -0.25) is 0 Å². The van der Waals surface area contributed by atoms with Crippen molar-refractivity contribution in [3.8, 4) is 0 Å². The highest BCUT2D eigenvalue weighted by Gasteiger charge is 2.15. The summed E-state index contributed by atoms with van der Waals surface area (Å²) in [4.78, 5) is 17.8. The van der Waals surface area contributed by atoms with E-state index in [4.69, 9.17) is 11.6 Å². The molecule has 0 saturated heterocycles. The SMILES string of the molecule is O=C=Nc1cc(Cl)nc(NC2CCCC2)c1. The van der Waals surface area contributed by atoms with Crippen molar-refractivity contribution < 1.29 is 4.79 Å². The number of nitrogens with one attached hydrogen (secondary N) is 1. The van der Waals surface area contributed by atoms with Crippen molar-refractivity contribution >= 4 is 29.2 Å². The van der Waals surface area contributed by atoms with E-state index < -0.39 is 0 Å². The number of rotatable bonds is 3. The summed E-state index contributed by atoms with van der Waals surface area (Å²) in [6, 6.07) is 3.69. The lowest BCUT2D eigenvalue weighted by Gasteiger charge is -2.12. The van der Waals surface area contributed by atoms with E-state index in [9.17, 15) is 4.79 Å². The first-order valence-electron chi connectivity index (χ1n) is 5.30. The number of carbonyl (C=O) groups excluding carboxylic acids is 1. The first-order valence-corrected chi connectivity index (χ1v) is 5.68. The minimum Gasteiger partial charge on any atom is -0.367 e. The van der Waals surface area contributed by atoms with Gasteiger partial charge >= 0.3 is 0 Å². The van der Waals surface area contributed by atoms with E-state index in [1.165, 1.54) is 25.0 Å². The van der Waals surface area contributed by atoms with Crippen molar-refractivity contribution in [2.45, 2.75) is 31.7 Å². The Labute approximate surface area is 98.7 Å². The lowest BCUT2D eigenvalue weighted by molar-refractivity contribution is 0.565. The second-order valence-electron chi connectivity index (χ2n) is 3.86. The van der Waals surface area contributed by atoms with Crippen LogP contribution in [0.3, 0.4) is 0 Å². The molecular weight excluding hydrogens is 226 g/mol. The van der Waals surface area contributed by atoms with Crippen molar-refractivity contribution in [3.63, 3.8) is 0 Å². The van der Waals surface area contributed by atoms with Crippen LogP contribution in [0.5, 0.6) is 0 Å². The Morgan fingerprint density at radius 3 is 2.88 bits per heavy atom. The fraction of sp³-hybridized carbons (Fsp3) is 0.455. The van der Waals surface area contributed by atoms with Crippen LogP contribution in [0.15, 0.2) is 17.1 Å². The number of isocyanates is 1. The van der Waals surface area contributed by atoms with E-state index in [1.54, 1.807) is 6.07 Å². The number of halogens is 1. The van der Waals surface area contributed by atoms with Crippen LogP contribution in [0, 0.1) is 0 Å². The second-order valence-corrected chi connectivity index (χ2v) is 4.25. The maximum Gasteiger partial charge on any atom is 0.240 e. The number of aliphatic imine (C=N–C) groups is 1. The Bertz CT molecular complexity index is 423. The Hall–Kier alpha value is -1.38. The summed E-state index contributed by atoms with van der Waals surface area (Å²) in [6.45, 7) is 0. The van der Waals surface area contributed by atoms with Gasteiger partial charge < -0.3 is 5.32 Å². The van der Waals surface area contributed by atoms with Crippen molar-refractivity contribution in [1.29, 1.82) is 0 Å². The zero-order chi connectivity index (χ0) is 11.4. The first-order chi connectivity index (χ1) is 7.78. The summed E-state index contributed by atoms with van der Waals surface area (Å²) in [7, 11) is 0. The van der Waals surface area contributed by atoms with Crippen molar-refractivity contribution in [3.05, 3.63) is 17.3 Å². The smallest absolute Gasteiger partial charge is 0.240 e. The molecule has 16 heavy (non-hydrogen) atoms. The molecule has 0 aliphatic heterocycles. The Morgan fingerprint density at radius 2 is 2.19 bits per heavy atom. The molecule has 0 bridgehead atoms. The predicted molar refractivity (Wildman–Crippen MR) is 62.9 cm³/mol. The van der Waals surface area contributed by atoms with Gasteiger partial charge in [-0.05, 0) is 12.8 Å². The van der Waals surface area contributed by atoms with E-state index in [0.29, 0.717) is 22.7 Å². The molecule has 1 saturated carbocycles. The lowest BCUT2D eigenvalue weighted by Crippen LogP contribution is -2.15. The molecule has 0 aromatic carbocycles. The summed E-state index contributed by atoms with van der Waals surface area (Å²) >= 11 is 5.83. The van der Waals surface area contributed by atoms with Crippen LogP contribution in [-0.4, -0.2) is 17.1 Å². The van der Waals surface area contributed by atoms with Crippen molar-refractivity contribution in [2.75, 3.05) is 5.32 Å². The molecule has 5 heteroatoms. The minimum atomic E-state index is 0.331. The minimum absolute atomic E-state index is 0.331. The molecule has 1 aromatic heterocycles. The highest BCUT2D eigenvalue weighted by molar-refractivity contribution is 6.29. The predicted octanol–water partition coefficient (Wildman–Crippen LogP) is 3.06. The third kappa shape index (κ3) is 2.81. The summed E-state index contributed by atoms with van der Waals surface area (Å²) in [5.41, 5.74) is 0.482. The van der Waals surface area contributed by atoms with Gasteiger partial charge in [0.2, 0.25) is 6.08 Å². The normalized spacial score (nSPS) is 15.8. The number of aromatic nitrogens is 1. The van der Waals surface area contributed by atoms with E-state index >= 15 is 0 Å². The molecule has 1 aromatic rings. The maximum atomic E-state index is 10.2. The average Bonchev–Trinajstić information content (AvgIpc) is 2.70. The summed E-state index contributed by atoms with van der Waals surface area (Å²) in [5.74, 6) is 0.674. The largest absolute Gasteiger partial charge is 0.367 e. The van der Waals surface area contributed by atoms with Crippen molar-refractivity contribution in [2.24, 2.45) is 4.99 Å². The zero-order valence-corrected chi connectivity index (χ0v) is 9.50. The highest BCUT2D eigenvalue weighted by atomic mass is 35.5. The van der Waals surface area contributed by atoms with Gasteiger partial charge in [-0.2, -0.15) is 4.99 Å². The fourth-order valence-corrected chi connectivity index (χ4v) is 2.16. The van der Waals surface area contributed by atoms with Gasteiger partial charge in [-0.25, -0.2) is 9.78 Å². The Morgan fingerprint density at radius 1 is 1.44 bits per heavy atom. The number of hydrogen-bond donors (Lipinski definition) is 1. The van der Waals surface area contributed by atoms with Gasteiger partial charge in [-0.1, -0.05) is 24.4 Å². The van der Waals surface area contributed by atoms with Crippen LogP contribution < -0.4 is 5.32 Å². The number of hydrogen-bond acceptors (Lipinski definition) is 4. The number of pyridine rings is 1. The summed E-state index contributed by atoms with van der Waals surface area (Å²) in [6.07, 6.45) is 6.29. The number of nitrogens with zero attached hydrogens (tertiary/aromatic N) is 2. The monoisotopic (exact) mass is 237 g/mol. The maximum absolute atomic E-state index is 10.2. The Kier molecular flexibility index (Phi) is 3.54. The van der Waals surface area contributed by atoms with Crippen LogP contribution in [0.25, 0.3) is 0 Å². The molecule has 0 unspecified atom stereocenters. The first kappa shape index (κ1) is 11.1. The lowest BCUT2D eigenvalue weighted by atomic mass is 10.2. The van der Waals surface area contributed by atoms with Crippen LogP contribution in [0.1, 0.15) is 25.7 Å². The summed E-state index contributed by atoms with van der Waals surface area (Å²) in [5, 5.41) is 3.63. The molecule has 1 fully saturated rings. The molecule has 84 valence electrons. The van der Waals surface area contributed by atoms with Gasteiger partial charge in [0.05, 0.1) is 5.69 Å². The fourth-order valence-electron chi connectivity index (χ4n) is 1.95. The van der Waals surface area contributed by atoms with E-state index in [-0.39, 0.29) is 0 Å². The molecule has 1 aliphatic rings. The van der Waals surface area contributed by atoms with Crippen LogP contribution in [0.4, 0.5) is 11.5 Å². The third-order valence-electron chi connectivity index (χ3n) is 2.66. The third-order valence-corrected chi connectivity index (χ3v) is 2.85. The van der Waals surface area contributed by atoms with Gasteiger partial charge in [0.1, 0.15) is 11.0 Å². The Balaban J connectivity index is 2.16. The zero-order valence-electron chi connectivity index (χ0n) is 8.74. The highest BCUT2D eigenvalue weighted by Crippen LogP contribution is 2.25. The molecule has 1 N–H and O–H groups in total. The van der Waals surface area contributed by atoms with E-state index in [0.717, 1.165) is 12.8 Å². The second kappa shape index (κ2) is 5.10. The quantitative estimate of drug-likeness (QED) is 0.499. The van der Waals surface area contributed by atoms with Gasteiger partial charge in [-0.15, -0.1) is 0 Å². The standard InChI is InChI=1S/C11H12ClN3O/c12-10-5-9(13-7-16)6-11(15-10)14-8-3-1-2-4-8/h5-6,8H,1-4H2,(H,14,15). The van der Waals surface area contributed by atoms with E-state index in [1.807, 2.05) is 0 Å². The molecular formula is C11H12ClN3O. The van der Waals surface area contributed by atoms with Crippen molar-refractivity contribution in [1.82, 2.24) is 4.98 Å². The molecule has 0 atom stereocenters. The van der Waals surface area contributed by atoms with E-state index in [2.05, 4.69) is 15.3 Å². The van der Waals surface area contributed by atoms with Crippen LogP contribution >= 0.6 is 11.6 Å². The molecule has 1 aliphatic carbocycles. The van der Waals surface area contributed by atoms with Gasteiger partial charge in [0.25, 0.3) is 0 Å². The molecule has 4 nitrogen and oxygen atoms in total.